The maximum absolute atomic E-state index is 12.1. The third kappa shape index (κ3) is 5.48. The quantitative estimate of drug-likeness (QED) is 0.788. The van der Waals surface area contributed by atoms with Crippen molar-refractivity contribution in [3.63, 3.8) is 0 Å². The van der Waals surface area contributed by atoms with Crippen LogP contribution in [0.3, 0.4) is 0 Å². The van der Waals surface area contributed by atoms with Gasteiger partial charge < -0.3 is 20.1 Å². The van der Waals surface area contributed by atoms with Crippen molar-refractivity contribution in [1.29, 1.82) is 0 Å². The van der Waals surface area contributed by atoms with E-state index in [1.54, 1.807) is 4.90 Å². The van der Waals surface area contributed by atoms with E-state index >= 15 is 0 Å². The number of nitrogens with zero attached hydrogens (tertiary/aromatic N) is 1. The van der Waals surface area contributed by atoms with E-state index < -0.39 is 11.9 Å². The van der Waals surface area contributed by atoms with Crippen molar-refractivity contribution in [3.05, 3.63) is 65.7 Å². The maximum atomic E-state index is 12.1. The summed E-state index contributed by atoms with van der Waals surface area (Å²) in [5, 5.41) is 11.9. The van der Waals surface area contributed by atoms with Crippen LogP contribution in [0, 0.1) is 5.92 Å². The normalized spacial score (nSPS) is 16.1. The van der Waals surface area contributed by atoms with Crippen molar-refractivity contribution in [2.24, 2.45) is 5.92 Å². The van der Waals surface area contributed by atoms with E-state index in [1.165, 1.54) is 0 Å². The molecule has 0 spiro atoms. The van der Waals surface area contributed by atoms with Crippen molar-refractivity contribution >= 4 is 12.0 Å². The number of hydrogen-bond acceptors (Lipinski definition) is 3. The number of nitrogens with one attached hydrogen (secondary N) is 1. The molecule has 0 saturated carbocycles. The number of likely N-dealkylation sites (tertiary alicyclic amines) is 1. The molecule has 1 heterocycles. The number of urea groups is 1. The van der Waals surface area contributed by atoms with Gasteiger partial charge in [0.2, 0.25) is 0 Å². The van der Waals surface area contributed by atoms with Gasteiger partial charge in [0.25, 0.3) is 0 Å². The lowest BCUT2D eigenvalue weighted by Crippen LogP contribution is -2.39. The lowest BCUT2D eigenvalue weighted by Gasteiger charge is -2.16. The molecule has 6 nitrogen and oxygen atoms in total. The average Bonchev–Trinajstić information content (AvgIpc) is 3.19. The van der Waals surface area contributed by atoms with Gasteiger partial charge in [0.1, 0.15) is 12.4 Å². The van der Waals surface area contributed by atoms with Crippen molar-refractivity contribution in [2.45, 2.75) is 19.4 Å². The predicted octanol–water partition coefficient (Wildman–Crippen LogP) is 2.92. The largest absolute Gasteiger partial charge is 0.489 e. The minimum absolute atomic E-state index is 0.193. The number of benzene rings is 2. The molecule has 1 atom stereocenters. The van der Waals surface area contributed by atoms with E-state index in [0.29, 0.717) is 32.5 Å². The highest BCUT2D eigenvalue weighted by Crippen LogP contribution is 2.17. The molecule has 2 aromatic carbocycles. The van der Waals surface area contributed by atoms with Crippen LogP contribution in [0.1, 0.15) is 17.5 Å². The molecule has 0 aromatic heterocycles. The Labute approximate surface area is 158 Å². The van der Waals surface area contributed by atoms with Gasteiger partial charge in [-0.05, 0) is 36.1 Å². The van der Waals surface area contributed by atoms with E-state index in [9.17, 15) is 9.59 Å². The summed E-state index contributed by atoms with van der Waals surface area (Å²) in [4.78, 5) is 24.6. The second-order valence-corrected chi connectivity index (χ2v) is 6.67. The van der Waals surface area contributed by atoms with Crippen LogP contribution in [-0.4, -0.2) is 41.6 Å². The Balaban J connectivity index is 1.38. The van der Waals surface area contributed by atoms with Crippen LogP contribution in [0.5, 0.6) is 5.75 Å². The highest BCUT2D eigenvalue weighted by atomic mass is 16.5. The highest BCUT2D eigenvalue weighted by Gasteiger charge is 2.30. The number of ether oxygens (including phenoxy) is 1. The van der Waals surface area contributed by atoms with Gasteiger partial charge in [0.05, 0.1) is 5.92 Å². The second kappa shape index (κ2) is 9.07. The number of carboxylic acids is 1. The summed E-state index contributed by atoms with van der Waals surface area (Å²) in [6, 6.07) is 17.6. The van der Waals surface area contributed by atoms with E-state index in [1.807, 2.05) is 54.6 Å². The van der Waals surface area contributed by atoms with Crippen molar-refractivity contribution in [2.75, 3.05) is 19.6 Å². The molecule has 1 aliphatic rings. The molecular weight excluding hydrogens is 344 g/mol. The third-order valence-corrected chi connectivity index (χ3v) is 4.69. The van der Waals surface area contributed by atoms with Crippen LogP contribution in [0.2, 0.25) is 0 Å². The fourth-order valence-corrected chi connectivity index (χ4v) is 3.07. The third-order valence-electron chi connectivity index (χ3n) is 4.69. The van der Waals surface area contributed by atoms with Crippen molar-refractivity contribution in [3.8, 4) is 5.75 Å². The first-order chi connectivity index (χ1) is 13.1. The van der Waals surface area contributed by atoms with E-state index in [0.717, 1.165) is 16.9 Å². The fourth-order valence-electron chi connectivity index (χ4n) is 3.07. The standard InChI is InChI=1S/C21H24N2O4/c24-20(25)18-11-13-23(14-18)21(26)22-12-10-16-6-8-19(9-7-16)27-15-17-4-2-1-3-5-17/h1-9,18H,10-15H2,(H,22,26)(H,24,25). The molecule has 1 aliphatic heterocycles. The van der Waals surface area contributed by atoms with E-state index in [-0.39, 0.29) is 12.6 Å². The molecule has 0 aliphatic carbocycles. The van der Waals surface area contributed by atoms with Crippen LogP contribution in [-0.2, 0) is 17.8 Å². The van der Waals surface area contributed by atoms with Gasteiger partial charge in [-0.2, -0.15) is 0 Å². The summed E-state index contributed by atoms with van der Waals surface area (Å²) < 4.78 is 5.76. The van der Waals surface area contributed by atoms with Gasteiger partial charge in [-0.15, -0.1) is 0 Å². The lowest BCUT2D eigenvalue weighted by atomic mass is 10.1. The number of carbonyl (C=O) groups excluding carboxylic acids is 1. The minimum Gasteiger partial charge on any atom is -0.489 e. The van der Waals surface area contributed by atoms with Crippen LogP contribution >= 0.6 is 0 Å². The topological polar surface area (TPSA) is 78.9 Å². The summed E-state index contributed by atoms with van der Waals surface area (Å²) in [7, 11) is 0. The number of carboxylic acid groups (broad SMARTS) is 1. The zero-order chi connectivity index (χ0) is 19.1. The summed E-state index contributed by atoms with van der Waals surface area (Å²) in [5.74, 6) is -0.470. The first-order valence-corrected chi connectivity index (χ1v) is 9.13. The van der Waals surface area contributed by atoms with E-state index in [4.69, 9.17) is 9.84 Å². The molecule has 142 valence electrons. The molecule has 1 saturated heterocycles. The molecule has 2 amide bonds. The summed E-state index contributed by atoms with van der Waals surface area (Å²) in [6.07, 6.45) is 1.23. The average molecular weight is 368 g/mol. The van der Waals surface area contributed by atoms with E-state index in [2.05, 4.69) is 5.32 Å². The predicted molar refractivity (Wildman–Crippen MR) is 102 cm³/mol. The van der Waals surface area contributed by atoms with Gasteiger partial charge in [0, 0.05) is 19.6 Å². The monoisotopic (exact) mass is 368 g/mol. The zero-order valence-electron chi connectivity index (χ0n) is 15.1. The molecule has 3 rings (SSSR count). The van der Waals surface area contributed by atoms with Gasteiger partial charge in [-0.3, -0.25) is 4.79 Å². The van der Waals surface area contributed by atoms with Crippen LogP contribution < -0.4 is 10.1 Å². The van der Waals surface area contributed by atoms with Gasteiger partial charge in [0.15, 0.2) is 0 Å². The summed E-state index contributed by atoms with van der Waals surface area (Å²) in [6.45, 7) is 1.82. The van der Waals surface area contributed by atoms with Gasteiger partial charge in [-0.25, -0.2) is 4.79 Å². The Kier molecular flexibility index (Phi) is 6.30. The molecule has 2 aromatic rings. The molecule has 6 heteroatoms. The Morgan fingerprint density at radius 1 is 1.07 bits per heavy atom. The highest BCUT2D eigenvalue weighted by molar-refractivity contribution is 5.77. The molecule has 27 heavy (non-hydrogen) atoms. The molecule has 0 bridgehead atoms. The first kappa shape index (κ1) is 18.8. The van der Waals surface area contributed by atoms with Crippen LogP contribution in [0.15, 0.2) is 54.6 Å². The smallest absolute Gasteiger partial charge is 0.317 e. The molecule has 1 unspecified atom stereocenters. The van der Waals surface area contributed by atoms with Crippen molar-refractivity contribution < 1.29 is 19.4 Å². The molecular formula is C21H24N2O4. The lowest BCUT2D eigenvalue weighted by molar-refractivity contribution is -0.141. The number of amides is 2. The maximum Gasteiger partial charge on any atom is 0.317 e. The van der Waals surface area contributed by atoms with Crippen molar-refractivity contribution in [1.82, 2.24) is 10.2 Å². The minimum atomic E-state index is -0.833. The first-order valence-electron chi connectivity index (χ1n) is 9.13. The fraction of sp³-hybridized carbons (Fsp3) is 0.333. The summed E-state index contributed by atoms with van der Waals surface area (Å²) >= 11 is 0. The Morgan fingerprint density at radius 3 is 2.48 bits per heavy atom. The van der Waals surface area contributed by atoms with Gasteiger partial charge >= 0.3 is 12.0 Å². The number of rotatable bonds is 7. The Morgan fingerprint density at radius 2 is 1.81 bits per heavy atom. The summed E-state index contributed by atoms with van der Waals surface area (Å²) in [5.41, 5.74) is 2.23. The molecule has 1 fully saturated rings. The second-order valence-electron chi connectivity index (χ2n) is 6.67. The van der Waals surface area contributed by atoms with Crippen LogP contribution in [0.25, 0.3) is 0 Å². The zero-order valence-corrected chi connectivity index (χ0v) is 15.1. The number of aliphatic carboxylic acids is 1. The molecule has 0 radical (unpaired) electrons. The Bertz CT molecular complexity index is 762. The molecule has 2 N–H and O–H groups in total. The van der Waals surface area contributed by atoms with Gasteiger partial charge in [-0.1, -0.05) is 42.5 Å². The van der Waals surface area contributed by atoms with Crippen LogP contribution in [0.4, 0.5) is 4.79 Å². The number of hydrogen-bond donors (Lipinski definition) is 2. The Hall–Kier alpha value is -3.02. The SMILES string of the molecule is O=C(O)C1CCN(C(=O)NCCc2ccc(OCc3ccccc3)cc2)C1. The number of carbonyl (C=O) groups is 2.